The molecule has 1 unspecified atom stereocenters. The van der Waals surface area contributed by atoms with Crippen molar-refractivity contribution in [1.82, 2.24) is 16.0 Å². The van der Waals surface area contributed by atoms with Crippen LogP contribution in [-0.2, 0) is 6.42 Å². The fraction of sp³-hybridized carbons (Fsp3) is 0.314. The molecule has 4 aromatic rings. The highest BCUT2D eigenvalue weighted by molar-refractivity contribution is 7.12. The maximum Gasteiger partial charge on any atom is 0.251 e. The van der Waals surface area contributed by atoms with E-state index in [-0.39, 0.29) is 30.4 Å². The number of ether oxygens (including phenoxy) is 1. The second-order valence-electron chi connectivity index (χ2n) is 11.0. The summed E-state index contributed by atoms with van der Waals surface area (Å²) in [4.78, 5) is 29.0. The van der Waals surface area contributed by atoms with Crippen molar-refractivity contribution in [3.8, 4) is 5.75 Å². The van der Waals surface area contributed by atoms with Gasteiger partial charge in [0.2, 0.25) is 0 Å². The number of carbonyl (C=O) groups is 2. The highest BCUT2D eigenvalue weighted by atomic mass is 32.1. The number of aryl methyl sites for hydroxylation is 2. The highest BCUT2D eigenvalue weighted by Crippen LogP contribution is 2.23. The number of rotatable bonds is 13. The fourth-order valence-electron chi connectivity index (χ4n) is 4.95. The second-order valence-corrected chi connectivity index (χ2v) is 12.3. The molecule has 4 atom stereocenters. The zero-order valence-corrected chi connectivity index (χ0v) is 26.2. The third-order valence-corrected chi connectivity index (χ3v) is 8.63. The van der Waals surface area contributed by atoms with E-state index in [0.717, 1.165) is 27.3 Å². The molecule has 1 aromatic heterocycles. The maximum absolute atomic E-state index is 13.6. The van der Waals surface area contributed by atoms with Gasteiger partial charge in [-0.05, 0) is 93.3 Å². The molecule has 0 saturated heterocycles. The lowest BCUT2D eigenvalue weighted by atomic mass is 9.99. The van der Waals surface area contributed by atoms with Crippen molar-refractivity contribution in [2.75, 3.05) is 13.7 Å². The normalized spacial score (nSPS) is 13.9. The second kappa shape index (κ2) is 15.0. The van der Waals surface area contributed by atoms with Crippen LogP contribution in [0.2, 0.25) is 0 Å². The topological polar surface area (TPSA) is 99.7 Å². The predicted octanol–water partition coefficient (Wildman–Crippen LogP) is 5.92. The van der Waals surface area contributed by atoms with E-state index in [4.69, 9.17) is 4.74 Å². The van der Waals surface area contributed by atoms with E-state index in [0.29, 0.717) is 17.5 Å². The Morgan fingerprint density at radius 3 is 2.19 bits per heavy atom. The average Bonchev–Trinajstić information content (AvgIpc) is 3.45. The minimum absolute atomic E-state index is 0.0452. The molecule has 0 radical (unpaired) electrons. The summed E-state index contributed by atoms with van der Waals surface area (Å²) in [6, 6.07) is 26.0. The molecule has 0 spiro atoms. The average molecular weight is 600 g/mol. The molecule has 2 amide bonds. The largest absolute Gasteiger partial charge is 0.497 e. The predicted molar refractivity (Wildman–Crippen MR) is 173 cm³/mol. The first-order valence-corrected chi connectivity index (χ1v) is 15.3. The van der Waals surface area contributed by atoms with E-state index in [1.165, 1.54) is 4.88 Å². The summed E-state index contributed by atoms with van der Waals surface area (Å²) in [6.07, 6.45) is -0.431. The van der Waals surface area contributed by atoms with Crippen LogP contribution in [-0.4, -0.2) is 42.7 Å². The van der Waals surface area contributed by atoms with Crippen molar-refractivity contribution >= 4 is 23.2 Å². The van der Waals surface area contributed by atoms with E-state index in [2.05, 4.69) is 16.0 Å². The van der Waals surface area contributed by atoms with Crippen LogP contribution in [0.1, 0.15) is 73.1 Å². The molecule has 226 valence electrons. The molecule has 7 nitrogen and oxygen atoms in total. The number of hydrogen-bond donors (Lipinski definition) is 4. The summed E-state index contributed by atoms with van der Waals surface area (Å²) >= 11 is 1.65. The van der Waals surface area contributed by atoms with Gasteiger partial charge in [-0.15, -0.1) is 11.3 Å². The summed E-state index contributed by atoms with van der Waals surface area (Å²) in [5.74, 6) is 0.177. The molecule has 0 aliphatic rings. The van der Waals surface area contributed by atoms with Crippen LogP contribution in [0.15, 0.2) is 84.9 Å². The van der Waals surface area contributed by atoms with Crippen LogP contribution in [0, 0.1) is 13.8 Å². The first-order valence-electron chi connectivity index (χ1n) is 14.5. The summed E-state index contributed by atoms with van der Waals surface area (Å²) < 4.78 is 5.34. The van der Waals surface area contributed by atoms with Crippen molar-refractivity contribution < 1.29 is 19.4 Å². The fourth-order valence-corrected chi connectivity index (χ4v) is 5.83. The third kappa shape index (κ3) is 9.00. The summed E-state index contributed by atoms with van der Waals surface area (Å²) in [5, 5.41) is 20.8. The van der Waals surface area contributed by atoms with Gasteiger partial charge in [-0.3, -0.25) is 9.59 Å². The minimum atomic E-state index is -0.875. The van der Waals surface area contributed by atoms with Crippen molar-refractivity contribution in [3.63, 3.8) is 0 Å². The Labute approximate surface area is 258 Å². The van der Waals surface area contributed by atoms with Crippen LogP contribution in [0.5, 0.6) is 5.75 Å². The quantitative estimate of drug-likeness (QED) is 0.153. The van der Waals surface area contributed by atoms with Gasteiger partial charge in [0.15, 0.2) is 0 Å². The van der Waals surface area contributed by atoms with Gasteiger partial charge in [0.1, 0.15) is 5.75 Å². The van der Waals surface area contributed by atoms with E-state index < -0.39 is 12.1 Å². The summed E-state index contributed by atoms with van der Waals surface area (Å²) in [6.45, 7) is 8.13. The van der Waals surface area contributed by atoms with Crippen molar-refractivity contribution in [2.45, 2.75) is 58.3 Å². The zero-order valence-electron chi connectivity index (χ0n) is 25.4. The molecular formula is C35H41N3O4S. The molecular weight excluding hydrogens is 558 g/mol. The first kappa shape index (κ1) is 31.9. The van der Waals surface area contributed by atoms with Crippen molar-refractivity contribution in [1.29, 1.82) is 0 Å². The molecule has 0 bridgehead atoms. The smallest absolute Gasteiger partial charge is 0.251 e. The summed E-state index contributed by atoms with van der Waals surface area (Å²) in [7, 11) is 1.63. The maximum atomic E-state index is 13.6. The molecule has 43 heavy (non-hydrogen) atoms. The Bertz CT molecular complexity index is 1520. The van der Waals surface area contributed by atoms with Gasteiger partial charge < -0.3 is 25.8 Å². The van der Waals surface area contributed by atoms with Gasteiger partial charge in [0.05, 0.1) is 25.3 Å². The number of amides is 2. The molecule has 4 N–H and O–H groups in total. The number of thiophene rings is 1. The Hall–Kier alpha value is -3.98. The number of carbonyl (C=O) groups excluding carboxylic acids is 2. The lowest BCUT2D eigenvalue weighted by molar-refractivity contribution is 0.0825. The molecule has 1 heterocycles. The van der Waals surface area contributed by atoms with Crippen molar-refractivity contribution in [2.24, 2.45) is 0 Å². The molecule has 0 aliphatic carbocycles. The van der Waals surface area contributed by atoms with Gasteiger partial charge in [0.25, 0.3) is 11.8 Å². The van der Waals surface area contributed by atoms with Crippen LogP contribution >= 0.6 is 11.3 Å². The molecule has 0 aliphatic heterocycles. The Morgan fingerprint density at radius 1 is 0.837 bits per heavy atom. The van der Waals surface area contributed by atoms with Crippen LogP contribution in [0.25, 0.3) is 0 Å². The van der Waals surface area contributed by atoms with Gasteiger partial charge in [0, 0.05) is 33.5 Å². The van der Waals surface area contributed by atoms with E-state index in [1.54, 1.807) is 36.6 Å². The molecule has 3 aromatic carbocycles. The standard InChI is InChI=1S/C35H41N3O4S/c1-22-16-28(34(40)37-25(4)33-15-14-23(2)43-33)19-29(17-22)35(41)38-31(18-26-10-7-6-8-11-26)32(39)21-36-24(3)27-12-9-13-30(20-27)42-5/h6-17,19-20,24-25,31-32,36,39H,18,21H2,1-5H3,(H,37,40)(H,38,41)/t24-,25?,31+,32-/m1/s1. The third-order valence-electron chi connectivity index (χ3n) is 7.44. The minimum Gasteiger partial charge on any atom is -0.497 e. The Morgan fingerprint density at radius 2 is 1.53 bits per heavy atom. The van der Waals surface area contributed by atoms with Gasteiger partial charge in [-0.25, -0.2) is 0 Å². The van der Waals surface area contributed by atoms with Gasteiger partial charge >= 0.3 is 0 Å². The molecule has 0 fully saturated rings. The number of aliphatic hydroxyl groups excluding tert-OH is 1. The van der Waals surface area contributed by atoms with E-state index >= 15 is 0 Å². The van der Waals surface area contributed by atoms with Gasteiger partial charge in [-0.1, -0.05) is 42.5 Å². The molecule has 0 saturated carbocycles. The van der Waals surface area contributed by atoms with Crippen LogP contribution in [0.4, 0.5) is 0 Å². The number of methoxy groups -OCH3 is 1. The van der Waals surface area contributed by atoms with Crippen molar-refractivity contribution in [3.05, 3.63) is 123 Å². The Kier molecular flexibility index (Phi) is 11.1. The lowest BCUT2D eigenvalue weighted by Gasteiger charge is -2.26. The van der Waals surface area contributed by atoms with Gasteiger partial charge in [-0.2, -0.15) is 0 Å². The number of benzene rings is 3. The Balaban J connectivity index is 1.47. The zero-order chi connectivity index (χ0) is 30.9. The van der Waals surface area contributed by atoms with Crippen LogP contribution in [0.3, 0.4) is 0 Å². The monoisotopic (exact) mass is 599 g/mol. The lowest BCUT2D eigenvalue weighted by Crippen LogP contribution is -2.49. The number of aliphatic hydroxyl groups is 1. The molecule has 8 heteroatoms. The SMILES string of the molecule is COc1cccc([C@@H](C)NC[C@@H](O)[C@H](Cc2ccccc2)NC(=O)c2cc(C)cc(C(=O)NC(C)c3ccc(C)s3)c2)c1. The van der Waals surface area contributed by atoms with E-state index in [1.807, 2.05) is 94.4 Å². The highest BCUT2D eigenvalue weighted by Gasteiger charge is 2.24. The number of hydrogen-bond acceptors (Lipinski definition) is 6. The van der Waals surface area contributed by atoms with Crippen LogP contribution < -0.4 is 20.7 Å². The van der Waals surface area contributed by atoms with E-state index in [9.17, 15) is 14.7 Å². The number of nitrogens with one attached hydrogen (secondary N) is 3. The molecule has 4 rings (SSSR count). The summed E-state index contributed by atoms with van der Waals surface area (Å²) in [5.41, 5.74) is 3.61. The first-order chi connectivity index (χ1) is 20.6.